The molecule has 0 aliphatic rings. The summed E-state index contributed by atoms with van der Waals surface area (Å²) in [5.74, 6) is 0. The SMILES string of the molecule is Cc1cc(Br)c(C(N)c2cccc3ccccc23)cc1Br. The molecule has 1 unspecified atom stereocenters. The zero-order chi connectivity index (χ0) is 15.0. The van der Waals surface area contributed by atoms with Crippen molar-refractivity contribution < 1.29 is 0 Å². The zero-order valence-corrected chi connectivity index (χ0v) is 14.8. The van der Waals surface area contributed by atoms with Gasteiger partial charge in [-0.25, -0.2) is 0 Å². The number of halogens is 2. The molecule has 0 aliphatic carbocycles. The van der Waals surface area contributed by atoms with Crippen molar-refractivity contribution in [3.8, 4) is 0 Å². The Hall–Kier alpha value is -1.16. The number of nitrogens with two attached hydrogens (primary N) is 1. The number of hydrogen-bond acceptors (Lipinski definition) is 1. The minimum Gasteiger partial charge on any atom is -0.320 e. The summed E-state index contributed by atoms with van der Waals surface area (Å²) in [5, 5.41) is 2.42. The maximum atomic E-state index is 6.55. The van der Waals surface area contributed by atoms with E-state index in [-0.39, 0.29) is 6.04 Å². The van der Waals surface area contributed by atoms with Crippen molar-refractivity contribution in [3.05, 3.63) is 80.2 Å². The van der Waals surface area contributed by atoms with E-state index < -0.39 is 0 Å². The lowest BCUT2D eigenvalue weighted by molar-refractivity contribution is 0.873. The van der Waals surface area contributed by atoms with E-state index in [0.29, 0.717) is 0 Å². The van der Waals surface area contributed by atoms with Crippen LogP contribution in [0.5, 0.6) is 0 Å². The summed E-state index contributed by atoms with van der Waals surface area (Å²) in [6.45, 7) is 2.07. The Kier molecular flexibility index (Phi) is 4.16. The van der Waals surface area contributed by atoms with Crippen molar-refractivity contribution in [1.82, 2.24) is 0 Å². The van der Waals surface area contributed by atoms with Crippen LogP contribution in [0.1, 0.15) is 22.7 Å². The first-order chi connectivity index (χ1) is 10.1. The van der Waals surface area contributed by atoms with Gasteiger partial charge in [0.15, 0.2) is 0 Å². The summed E-state index contributed by atoms with van der Waals surface area (Å²) in [4.78, 5) is 0. The Bertz CT molecular complexity index is 806. The molecule has 2 N–H and O–H groups in total. The van der Waals surface area contributed by atoms with Crippen LogP contribution < -0.4 is 5.73 Å². The highest BCUT2D eigenvalue weighted by Crippen LogP contribution is 2.34. The van der Waals surface area contributed by atoms with Crippen molar-refractivity contribution in [2.75, 3.05) is 0 Å². The Labute approximate surface area is 141 Å². The van der Waals surface area contributed by atoms with E-state index in [2.05, 4.69) is 93.4 Å². The first kappa shape index (κ1) is 14.8. The molecule has 0 amide bonds. The van der Waals surface area contributed by atoms with Gasteiger partial charge < -0.3 is 5.73 Å². The van der Waals surface area contributed by atoms with Gasteiger partial charge in [-0.1, -0.05) is 74.3 Å². The first-order valence-electron chi connectivity index (χ1n) is 6.76. The zero-order valence-electron chi connectivity index (χ0n) is 11.6. The van der Waals surface area contributed by atoms with Gasteiger partial charge in [0.1, 0.15) is 0 Å². The third kappa shape index (κ3) is 2.78. The van der Waals surface area contributed by atoms with Crippen molar-refractivity contribution in [1.29, 1.82) is 0 Å². The van der Waals surface area contributed by atoms with Gasteiger partial charge in [-0.15, -0.1) is 0 Å². The summed E-state index contributed by atoms with van der Waals surface area (Å²) in [6, 6.07) is 18.7. The van der Waals surface area contributed by atoms with Crippen LogP contribution in [-0.2, 0) is 0 Å². The van der Waals surface area contributed by atoms with Gasteiger partial charge in [0.25, 0.3) is 0 Å². The number of fused-ring (bicyclic) bond motifs is 1. The minimum absolute atomic E-state index is 0.164. The molecular formula is C18H15Br2N. The standard InChI is InChI=1S/C18H15Br2N/c1-11-9-17(20)15(10-16(11)19)18(21)14-8-4-6-12-5-2-3-7-13(12)14/h2-10,18H,21H2,1H3. The van der Waals surface area contributed by atoms with Gasteiger partial charge in [0.05, 0.1) is 6.04 Å². The van der Waals surface area contributed by atoms with E-state index >= 15 is 0 Å². The van der Waals surface area contributed by atoms with Crippen LogP contribution in [0.3, 0.4) is 0 Å². The summed E-state index contributed by atoms with van der Waals surface area (Å²) >= 11 is 7.24. The van der Waals surface area contributed by atoms with E-state index in [1.165, 1.54) is 16.3 Å². The van der Waals surface area contributed by atoms with Crippen LogP contribution in [0.15, 0.2) is 63.5 Å². The number of benzene rings is 3. The molecular weight excluding hydrogens is 390 g/mol. The average Bonchev–Trinajstić information content (AvgIpc) is 2.49. The molecule has 3 rings (SSSR count). The second-order valence-electron chi connectivity index (χ2n) is 5.17. The van der Waals surface area contributed by atoms with Crippen LogP contribution in [0.2, 0.25) is 0 Å². The molecule has 0 spiro atoms. The lowest BCUT2D eigenvalue weighted by Gasteiger charge is -2.18. The van der Waals surface area contributed by atoms with Crippen molar-refractivity contribution in [2.45, 2.75) is 13.0 Å². The lowest BCUT2D eigenvalue weighted by Crippen LogP contribution is -2.13. The van der Waals surface area contributed by atoms with Crippen molar-refractivity contribution in [2.24, 2.45) is 5.73 Å². The Morgan fingerprint density at radius 1 is 0.857 bits per heavy atom. The molecule has 0 saturated heterocycles. The normalized spacial score (nSPS) is 12.6. The highest BCUT2D eigenvalue weighted by molar-refractivity contribution is 9.11. The van der Waals surface area contributed by atoms with Gasteiger partial charge >= 0.3 is 0 Å². The molecule has 0 aliphatic heterocycles. The Morgan fingerprint density at radius 2 is 1.57 bits per heavy atom. The van der Waals surface area contributed by atoms with E-state index in [0.717, 1.165) is 20.1 Å². The molecule has 21 heavy (non-hydrogen) atoms. The molecule has 0 heterocycles. The predicted molar refractivity (Wildman–Crippen MR) is 96.6 cm³/mol. The largest absolute Gasteiger partial charge is 0.320 e. The topological polar surface area (TPSA) is 26.0 Å². The average molecular weight is 405 g/mol. The van der Waals surface area contributed by atoms with Crippen LogP contribution in [0, 0.1) is 6.92 Å². The van der Waals surface area contributed by atoms with E-state index in [4.69, 9.17) is 5.73 Å². The highest BCUT2D eigenvalue weighted by atomic mass is 79.9. The van der Waals surface area contributed by atoms with Gasteiger partial charge in [0.2, 0.25) is 0 Å². The van der Waals surface area contributed by atoms with Crippen molar-refractivity contribution in [3.63, 3.8) is 0 Å². The second kappa shape index (κ2) is 5.91. The predicted octanol–water partition coefficient (Wildman–Crippen LogP) is 5.72. The number of rotatable bonds is 2. The number of hydrogen-bond donors (Lipinski definition) is 1. The molecule has 0 fully saturated rings. The molecule has 3 aromatic carbocycles. The van der Waals surface area contributed by atoms with Gasteiger partial charge in [0, 0.05) is 8.95 Å². The summed E-state index contributed by atoms with van der Waals surface area (Å²) in [6.07, 6.45) is 0. The van der Waals surface area contributed by atoms with Crippen LogP contribution in [0.25, 0.3) is 10.8 Å². The summed E-state index contributed by atoms with van der Waals surface area (Å²) in [5.41, 5.74) is 9.97. The third-order valence-corrected chi connectivity index (χ3v) is 5.31. The molecule has 0 radical (unpaired) electrons. The van der Waals surface area contributed by atoms with Crippen LogP contribution in [0.4, 0.5) is 0 Å². The number of aryl methyl sites for hydroxylation is 1. The fourth-order valence-electron chi connectivity index (χ4n) is 2.59. The van der Waals surface area contributed by atoms with Gasteiger partial charge in [-0.05, 0) is 46.5 Å². The third-order valence-electron chi connectivity index (χ3n) is 3.77. The molecule has 0 bridgehead atoms. The molecule has 3 heteroatoms. The van der Waals surface area contributed by atoms with Gasteiger partial charge in [-0.3, -0.25) is 0 Å². The molecule has 1 nitrogen and oxygen atoms in total. The summed E-state index contributed by atoms with van der Waals surface area (Å²) in [7, 11) is 0. The molecule has 0 aromatic heterocycles. The fourth-order valence-corrected chi connectivity index (χ4v) is 3.65. The molecule has 106 valence electrons. The quantitative estimate of drug-likeness (QED) is 0.580. The minimum atomic E-state index is -0.164. The monoisotopic (exact) mass is 403 g/mol. The molecule has 3 aromatic rings. The smallest absolute Gasteiger partial charge is 0.0569 e. The van der Waals surface area contributed by atoms with E-state index in [9.17, 15) is 0 Å². The first-order valence-corrected chi connectivity index (χ1v) is 8.35. The second-order valence-corrected chi connectivity index (χ2v) is 6.88. The highest BCUT2D eigenvalue weighted by Gasteiger charge is 2.16. The van der Waals surface area contributed by atoms with Gasteiger partial charge in [-0.2, -0.15) is 0 Å². The van der Waals surface area contributed by atoms with E-state index in [1.807, 2.05) is 0 Å². The van der Waals surface area contributed by atoms with Crippen LogP contribution in [-0.4, -0.2) is 0 Å². The molecule has 0 saturated carbocycles. The van der Waals surface area contributed by atoms with E-state index in [1.54, 1.807) is 0 Å². The maximum Gasteiger partial charge on any atom is 0.0569 e. The lowest BCUT2D eigenvalue weighted by atomic mass is 9.94. The molecule has 1 atom stereocenters. The van der Waals surface area contributed by atoms with Crippen molar-refractivity contribution >= 4 is 42.6 Å². The fraction of sp³-hybridized carbons (Fsp3) is 0.111. The van der Waals surface area contributed by atoms with Crippen LogP contribution >= 0.6 is 31.9 Å². The Morgan fingerprint density at radius 3 is 2.38 bits per heavy atom. The summed E-state index contributed by atoms with van der Waals surface area (Å²) < 4.78 is 2.13. The Balaban J connectivity index is 2.17. The maximum absolute atomic E-state index is 6.55.